The molecule has 4 rings (SSSR count). The Bertz CT molecular complexity index is 937. The van der Waals surface area contributed by atoms with Gasteiger partial charge < -0.3 is 15.4 Å². The van der Waals surface area contributed by atoms with Gasteiger partial charge in [0, 0.05) is 26.1 Å². The molecule has 4 heterocycles. The van der Waals surface area contributed by atoms with E-state index in [2.05, 4.69) is 30.7 Å². The second kappa shape index (κ2) is 6.44. The first-order valence-corrected chi connectivity index (χ1v) is 8.00. The third-order valence-electron chi connectivity index (χ3n) is 3.91. The molecule has 0 saturated carbocycles. The topological polar surface area (TPSA) is 106 Å². The summed E-state index contributed by atoms with van der Waals surface area (Å²) in [6.07, 6.45) is 5.82. The van der Waals surface area contributed by atoms with E-state index in [0.29, 0.717) is 54.7 Å². The molecule has 0 fully saturated rings. The van der Waals surface area contributed by atoms with Gasteiger partial charge in [-0.05, 0) is 6.42 Å². The highest BCUT2D eigenvalue weighted by Gasteiger charge is 2.17. The van der Waals surface area contributed by atoms with Crippen molar-refractivity contribution in [1.29, 1.82) is 0 Å². The van der Waals surface area contributed by atoms with Crippen LogP contribution in [0.5, 0.6) is 0 Å². The summed E-state index contributed by atoms with van der Waals surface area (Å²) in [7, 11) is 1.80. The van der Waals surface area contributed by atoms with Gasteiger partial charge in [0.2, 0.25) is 0 Å². The van der Waals surface area contributed by atoms with Crippen LogP contribution in [-0.2, 0) is 11.3 Å². The highest BCUT2D eigenvalue weighted by molar-refractivity contribution is 5.95. The molecule has 0 atom stereocenters. The van der Waals surface area contributed by atoms with E-state index in [1.807, 2.05) is 6.07 Å². The number of ketones is 1. The van der Waals surface area contributed by atoms with E-state index in [0.717, 1.165) is 5.69 Å². The van der Waals surface area contributed by atoms with Gasteiger partial charge in [0.15, 0.2) is 23.1 Å². The first-order valence-electron chi connectivity index (χ1n) is 8.00. The second-order valence-electron chi connectivity index (χ2n) is 5.67. The normalized spacial score (nSPS) is 15.0. The molecule has 0 unspecified atom stereocenters. The lowest BCUT2D eigenvalue weighted by atomic mass is 10.2. The Morgan fingerprint density at radius 3 is 3.08 bits per heavy atom. The molecule has 0 aliphatic carbocycles. The van der Waals surface area contributed by atoms with Crippen LogP contribution in [-0.4, -0.2) is 44.0 Å². The maximum atomic E-state index is 12.5. The number of fused-ring (bicyclic) bond motifs is 3. The second-order valence-corrected chi connectivity index (χ2v) is 5.67. The Hall–Kier alpha value is -3.07. The van der Waals surface area contributed by atoms with Crippen molar-refractivity contribution < 1.29 is 9.53 Å². The summed E-state index contributed by atoms with van der Waals surface area (Å²) in [6, 6.07) is 1.81. The van der Waals surface area contributed by atoms with E-state index in [9.17, 15) is 4.79 Å². The van der Waals surface area contributed by atoms with Gasteiger partial charge in [-0.2, -0.15) is 0 Å². The summed E-state index contributed by atoms with van der Waals surface area (Å²) in [4.78, 5) is 25.5. The van der Waals surface area contributed by atoms with Gasteiger partial charge in [0.1, 0.15) is 5.69 Å². The van der Waals surface area contributed by atoms with Crippen LogP contribution in [0.3, 0.4) is 0 Å². The first kappa shape index (κ1) is 15.5. The number of nitrogens with zero attached hydrogens (tertiary/aromatic N) is 5. The number of hydrogen-bond acceptors (Lipinski definition) is 8. The van der Waals surface area contributed by atoms with E-state index < -0.39 is 0 Å². The lowest BCUT2D eigenvalue weighted by molar-refractivity contribution is 0.0908. The molecule has 0 spiro atoms. The minimum Gasteiger partial charge on any atom is -0.385 e. The molecule has 0 amide bonds. The standard InChI is InChI=1S/C16H17N7O2/c1-17-11-5-14-21-15-8-18-6-10(20-15)9-25-4-2-3-13(24)12-7-19-16(11)23(12)22-14/h5-8,17H,2-4,9H2,1H3,(H,20,21,22). The van der Waals surface area contributed by atoms with Crippen LogP contribution < -0.4 is 10.6 Å². The summed E-state index contributed by atoms with van der Waals surface area (Å²) in [5, 5.41) is 10.7. The average molecular weight is 339 g/mol. The number of Topliss-reactive ketones (excluding diaryl/α,β-unsaturated/α-hetero) is 1. The highest BCUT2D eigenvalue weighted by Crippen LogP contribution is 2.22. The van der Waals surface area contributed by atoms with Crippen LogP contribution in [0.25, 0.3) is 5.65 Å². The zero-order valence-electron chi connectivity index (χ0n) is 13.7. The monoisotopic (exact) mass is 339 g/mol. The molecule has 1 aliphatic rings. The predicted molar refractivity (Wildman–Crippen MR) is 91.1 cm³/mol. The summed E-state index contributed by atoms with van der Waals surface area (Å²) >= 11 is 0. The van der Waals surface area contributed by atoms with Gasteiger partial charge in [-0.1, -0.05) is 0 Å². The van der Waals surface area contributed by atoms with Gasteiger partial charge in [0.05, 0.1) is 36.6 Å². The number of ether oxygens (including phenoxy) is 1. The summed E-state index contributed by atoms with van der Waals surface area (Å²) < 4.78 is 7.13. The van der Waals surface area contributed by atoms with Crippen molar-refractivity contribution in [3.63, 3.8) is 0 Å². The summed E-state index contributed by atoms with van der Waals surface area (Å²) in [6.45, 7) is 0.825. The van der Waals surface area contributed by atoms with Crippen molar-refractivity contribution in [3.05, 3.63) is 36.0 Å². The number of anilines is 3. The lowest BCUT2D eigenvalue weighted by Crippen LogP contribution is -2.11. The van der Waals surface area contributed by atoms with Crippen molar-refractivity contribution in [3.8, 4) is 0 Å². The minimum absolute atomic E-state index is 0.0156. The molecule has 128 valence electrons. The van der Waals surface area contributed by atoms with Crippen LogP contribution in [0.1, 0.15) is 29.0 Å². The molecule has 25 heavy (non-hydrogen) atoms. The zero-order chi connectivity index (χ0) is 17.2. The molecule has 0 radical (unpaired) electrons. The fourth-order valence-electron chi connectivity index (χ4n) is 2.71. The highest BCUT2D eigenvalue weighted by atomic mass is 16.5. The number of imidazole rings is 1. The lowest BCUT2D eigenvalue weighted by Gasteiger charge is -2.11. The maximum absolute atomic E-state index is 12.5. The van der Waals surface area contributed by atoms with Gasteiger partial charge in [-0.3, -0.25) is 9.78 Å². The smallest absolute Gasteiger partial charge is 0.183 e. The van der Waals surface area contributed by atoms with Crippen molar-refractivity contribution in [2.24, 2.45) is 0 Å². The molecular weight excluding hydrogens is 322 g/mol. The van der Waals surface area contributed by atoms with E-state index in [-0.39, 0.29) is 5.78 Å². The Morgan fingerprint density at radius 1 is 1.28 bits per heavy atom. The van der Waals surface area contributed by atoms with E-state index >= 15 is 0 Å². The Balaban J connectivity index is 1.85. The van der Waals surface area contributed by atoms with Crippen LogP contribution in [0.15, 0.2) is 24.7 Å². The van der Waals surface area contributed by atoms with Gasteiger partial charge in [-0.25, -0.2) is 14.5 Å². The molecule has 9 nitrogen and oxygen atoms in total. The summed E-state index contributed by atoms with van der Waals surface area (Å²) in [5.74, 6) is 1.08. The van der Waals surface area contributed by atoms with E-state index in [1.54, 1.807) is 30.2 Å². The molecule has 9 heteroatoms. The quantitative estimate of drug-likeness (QED) is 0.691. The minimum atomic E-state index is -0.0156. The largest absolute Gasteiger partial charge is 0.385 e. The van der Waals surface area contributed by atoms with Gasteiger partial charge in [-0.15, -0.1) is 5.10 Å². The zero-order valence-corrected chi connectivity index (χ0v) is 13.7. The van der Waals surface area contributed by atoms with Crippen molar-refractivity contribution in [2.75, 3.05) is 24.3 Å². The van der Waals surface area contributed by atoms with E-state index in [4.69, 9.17) is 4.74 Å². The average Bonchev–Trinajstić information content (AvgIpc) is 3.04. The number of carbonyl (C=O) groups is 1. The van der Waals surface area contributed by atoms with Crippen LogP contribution >= 0.6 is 0 Å². The fraction of sp³-hybridized carbons (Fsp3) is 0.312. The molecule has 0 saturated heterocycles. The van der Waals surface area contributed by atoms with Crippen molar-refractivity contribution in [1.82, 2.24) is 24.6 Å². The fourth-order valence-corrected chi connectivity index (χ4v) is 2.71. The molecule has 3 aromatic heterocycles. The Kier molecular flexibility index (Phi) is 3.98. The molecule has 4 bridgehead atoms. The van der Waals surface area contributed by atoms with Crippen LogP contribution in [0.2, 0.25) is 0 Å². The molecule has 1 aliphatic heterocycles. The maximum Gasteiger partial charge on any atom is 0.183 e. The van der Waals surface area contributed by atoms with Gasteiger partial charge >= 0.3 is 0 Å². The molecular formula is C16H17N7O2. The van der Waals surface area contributed by atoms with Crippen LogP contribution in [0.4, 0.5) is 17.3 Å². The number of hydrogen-bond donors (Lipinski definition) is 2. The molecule has 3 aromatic rings. The van der Waals surface area contributed by atoms with E-state index in [1.165, 1.54) is 0 Å². The third-order valence-corrected chi connectivity index (χ3v) is 3.91. The van der Waals surface area contributed by atoms with Crippen molar-refractivity contribution in [2.45, 2.75) is 19.4 Å². The summed E-state index contributed by atoms with van der Waals surface area (Å²) in [5.41, 5.74) is 2.52. The van der Waals surface area contributed by atoms with Gasteiger partial charge in [0.25, 0.3) is 0 Å². The third kappa shape index (κ3) is 3.01. The van der Waals surface area contributed by atoms with Crippen LogP contribution in [0, 0.1) is 0 Å². The number of carbonyl (C=O) groups excluding carboxylic acids is 1. The Morgan fingerprint density at radius 2 is 2.20 bits per heavy atom. The first-order chi connectivity index (χ1) is 12.2. The SMILES string of the molecule is CNc1cc2nn3c(cnc13)C(=O)CCCOCc1cncc(n1)N2. The number of rotatable bonds is 1. The Labute approximate surface area is 143 Å². The predicted octanol–water partition coefficient (Wildman–Crippen LogP) is 1.80. The number of aromatic nitrogens is 5. The van der Waals surface area contributed by atoms with Crippen molar-refractivity contribution >= 4 is 28.8 Å². The number of nitrogens with one attached hydrogen (secondary N) is 2. The molecule has 2 N–H and O–H groups in total. The molecule has 0 aromatic carbocycles.